The molecule has 3 heterocycles. The van der Waals surface area contributed by atoms with Crippen LogP contribution in [0.5, 0.6) is 0 Å². The first-order valence-corrected chi connectivity index (χ1v) is 9.54. The Labute approximate surface area is 159 Å². The number of likely N-dealkylation sites (N-methyl/N-ethyl adjacent to an activating group) is 1. The SMILES string of the molecule is CN1CCc2c(c3cnccc3n2CCCC(=O)OCc2ccccc2)C1. The van der Waals surface area contributed by atoms with Gasteiger partial charge < -0.3 is 14.2 Å². The third-order valence-corrected chi connectivity index (χ3v) is 5.25. The van der Waals surface area contributed by atoms with Gasteiger partial charge in [-0.25, -0.2) is 0 Å². The number of hydrogen-bond donors (Lipinski definition) is 0. The Morgan fingerprint density at radius 3 is 2.93 bits per heavy atom. The molecule has 1 aliphatic heterocycles. The standard InChI is InChI=1S/C22H25N3O2/c1-24-13-10-21-19(15-24)18-14-23-11-9-20(18)25(21)12-5-8-22(26)27-16-17-6-3-2-4-7-17/h2-4,6-7,9,11,14H,5,8,10,12-13,15-16H2,1H3. The average molecular weight is 363 g/mol. The molecule has 0 saturated heterocycles. The minimum absolute atomic E-state index is 0.134. The maximum atomic E-state index is 12.1. The van der Waals surface area contributed by atoms with Crippen molar-refractivity contribution >= 4 is 16.9 Å². The number of rotatable bonds is 6. The maximum Gasteiger partial charge on any atom is 0.306 e. The maximum absolute atomic E-state index is 12.1. The molecule has 5 heteroatoms. The quantitative estimate of drug-likeness (QED) is 0.629. The molecule has 0 radical (unpaired) electrons. The van der Waals surface area contributed by atoms with Crippen molar-refractivity contribution in [3.63, 3.8) is 0 Å². The van der Waals surface area contributed by atoms with Gasteiger partial charge in [0, 0.05) is 55.9 Å². The zero-order valence-electron chi connectivity index (χ0n) is 15.7. The van der Waals surface area contributed by atoms with Gasteiger partial charge in [-0.1, -0.05) is 30.3 Å². The van der Waals surface area contributed by atoms with E-state index in [9.17, 15) is 4.79 Å². The van der Waals surface area contributed by atoms with E-state index in [0.29, 0.717) is 13.0 Å². The molecule has 0 amide bonds. The van der Waals surface area contributed by atoms with Crippen molar-refractivity contribution in [1.29, 1.82) is 0 Å². The van der Waals surface area contributed by atoms with Gasteiger partial charge in [-0.3, -0.25) is 9.78 Å². The zero-order valence-corrected chi connectivity index (χ0v) is 15.7. The number of esters is 1. The van der Waals surface area contributed by atoms with Crippen LogP contribution in [-0.4, -0.2) is 34.0 Å². The van der Waals surface area contributed by atoms with Gasteiger partial charge in [0.05, 0.1) is 5.52 Å². The molecule has 4 rings (SSSR count). The summed E-state index contributed by atoms with van der Waals surface area (Å²) in [6, 6.07) is 11.9. The first-order chi connectivity index (χ1) is 13.2. The van der Waals surface area contributed by atoms with E-state index in [1.54, 1.807) is 0 Å². The number of pyridine rings is 1. The fourth-order valence-corrected chi connectivity index (χ4v) is 3.87. The lowest BCUT2D eigenvalue weighted by molar-refractivity contribution is -0.145. The Bertz CT molecular complexity index is 933. The molecule has 0 N–H and O–H groups in total. The van der Waals surface area contributed by atoms with Crippen LogP contribution < -0.4 is 0 Å². The monoisotopic (exact) mass is 363 g/mol. The molecule has 0 spiro atoms. The number of aryl methyl sites for hydroxylation is 1. The molecule has 5 nitrogen and oxygen atoms in total. The highest BCUT2D eigenvalue weighted by Gasteiger charge is 2.22. The van der Waals surface area contributed by atoms with Crippen LogP contribution in [0.2, 0.25) is 0 Å². The van der Waals surface area contributed by atoms with Crippen molar-refractivity contribution in [2.24, 2.45) is 0 Å². The van der Waals surface area contributed by atoms with Crippen molar-refractivity contribution in [1.82, 2.24) is 14.5 Å². The van der Waals surface area contributed by atoms with Crippen LogP contribution in [0.3, 0.4) is 0 Å². The second-order valence-corrected chi connectivity index (χ2v) is 7.21. The molecule has 3 aromatic rings. The Kier molecular flexibility index (Phi) is 5.21. The van der Waals surface area contributed by atoms with Gasteiger partial charge in [-0.15, -0.1) is 0 Å². The minimum atomic E-state index is -0.134. The summed E-state index contributed by atoms with van der Waals surface area (Å²) in [5.74, 6) is -0.134. The van der Waals surface area contributed by atoms with E-state index in [-0.39, 0.29) is 5.97 Å². The summed E-state index contributed by atoms with van der Waals surface area (Å²) in [6.07, 6.45) is 6.08. The fraction of sp³-hybridized carbons (Fsp3) is 0.364. The molecule has 0 unspecified atom stereocenters. The van der Waals surface area contributed by atoms with Gasteiger partial charge >= 0.3 is 5.97 Å². The second kappa shape index (κ2) is 7.92. The predicted molar refractivity (Wildman–Crippen MR) is 105 cm³/mol. The van der Waals surface area contributed by atoms with Gasteiger partial charge in [0.15, 0.2) is 0 Å². The molecule has 0 saturated carbocycles. The van der Waals surface area contributed by atoms with Crippen LogP contribution in [0.25, 0.3) is 10.9 Å². The highest BCUT2D eigenvalue weighted by atomic mass is 16.5. The molecule has 0 bridgehead atoms. The fourth-order valence-electron chi connectivity index (χ4n) is 3.87. The van der Waals surface area contributed by atoms with Crippen LogP contribution in [0, 0.1) is 0 Å². The lowest BCUT2D eigenvalue weighted by Gasteiger charge is -2.24. The molecule has 1 aliphatic rings. The van der Waals surface area contributed by atoms with Crippen LogP contribution >= 0.6 is 0 Å². The third-order valence-electron chi connectivity index (χ3n) is 5.25. The average Bonchev–Trinajstić information content (AvgIpc) is 3.00. The number of ether oxygens (including phenoxy) is 1. The van der Waals surface area contributed by atoms with Crippen molar-refractivity contribution in [2.45, 2.75) is 39.0 Å². The molecule has 0 aliphatic carbocycles. The Morgan fingerprint density at radius 2 is 2.07 bits per heavy atom. The van der Waals surface area contributed by atoms with Gasteiger partial charge in [-0.2, -0.15) is 0 Å². The molecular formula is C22H25N3O2. The first-order valence-electron chi connectivity index (χ1n) is 9.54. The van der Waals surface area contributed by atoms with Gasteiger partial charge in [0.25, 0.3) is 0 Å². The van der Waals surface area contributed by atoms with Gasteiger partial charge in [-0.05, 0) is 30.7 Å². The van der Waals surface area contributed by atoms with Crippen LogP contribution in [0.4, 0.5) is 0 Å². The summed E-state index contributed by atoms with van der Waals surface area (Å²) in [4.78, 5) is 18.8. The van der Waals surface area contributed by atoms with E-state index in [1.165, 1.54) is 22.2 Å². The number of nitrogens with zero attached hydrogens (tertiary/aromatic N) is 3. The Balaban J connectivity index is 1.40. The molecule has 27 heavy (non-hydrogen) atoms. The minimum Gasteiger partial charge on any atom is -0.461 e. The topological polar surface area (TPSA) is 47.4 Å². The largest absolute Gasteiger partial charge is 0.461 e. The molecule has 2 aromatic heterocycles. The highest BCUT2D eigenvalue weighted by Crippen LogP contribution is 2.30. The number of aromatic nitrogens is 2. The van der Waals surface area contributed by atoms with Crippen LogP contribution in [0.1, 0.15) is 29.7 Å². The van der Waals surface area contributed by atoms with Crippen molar-refractivity contribution in [2.75, 3.05) is 13.6 Å². The third kappa shape index (κ3) is 3.88. The van der Waals surface area contributed by atoms with E-state index in [2.05, 4.69) is 27.6 Å². The summed E-state index contributed by atoms with van der Waals surface area (Å²) in [5.41, 5.74) is 5.03. The number of carbonyl (C=O) groups is 1. The summed E-state index contributed by atoms with van der Waals surface area (Å²) in [7, 11) is 2.16. The van der Waals surface area contributed by atoms with Crippen LogP contribution in [-0.2, 0) is 35.6 Å². The lowest BCUT2D eigenvalue weighted by atomic mass is 10.1. The Morgan fingerprint density at radius 1 is 1.22 bits per heavy atom. The van der Waals surface area contributed by atoms with E-state index in [0.717, 1.165) is 38.0 Å². The number of carbonyl (C=O) groups excluding carboxylic acids is 1. The lowest BCUT2D eigenvalue weighted by Crippen LogP contribution is -2.27. The number of benzene rings is 1. The highest BCUT2D eigenvalue weighted by molar-refractivity contribution is 5.85. The molecule has 140 valence electrons. The van der Waals surface area contributed by atoms with Crippen molar-refractivity contribution < 1.29 is 9.53 Å². The molecule has 0 atom stereocenters. The molecule has 1 aromatic carbocycles. The van der Waals surface area contributed by atoms with Crippen molar-refractivity contribution in [3.8, 4) is 0 Å². The zero-order chi connectivity index (χ0) is 18.6. The first kappa shape index (κ1) is 17.7. The van der Waals surface area contributed by atoms with E-state index in [4.69, 9.17) is 4.74 Å². The van der Waals surface area contributed by atoms with Crippen molar-refractivity contribution in [3.05, 3.63) is 65.6 Å². The van der Waals surface area contributed by atoms with Gasteiger partial charge in [0.1, 0.15) is 6.61 Å². The van der Waals surface area contributed by atoms with E-state index < -0.39 is 0 Å². The van der Waals surface area contributed by atoms with E-state index in [1.807, 2.05) is 42.7 Å². The Hall–Kier alpha value is -2.66. The van der Waals surface area contributed by atoms with Gasteiger partial charge in [0.2, 0.25) is 0 Å². The summed E-state index contributed by atoms with van der Waals surface area (Å²) in [6.45, 7) is 3.21. The van der Waals surface area contributed by atoms with E-state index >= 15 is 0 Å². The smallest absolute Gasteiger partial charge is 0.306 e. The number of hydrogen-bond acceptors (Lipinski definition) is 4. The normalized spacial score (nSPS) is 14.3. The molecular weight excluding hydrogens is 338 g/mol. The summed E-state index contributed by atoms with van der Waals surface area (Å²) < 4.78 is 7.78. The molecule has 0 fully saturated rings. The second-order valence-electron chi connectivity index (χ2n) is 7.21. The number of fused-ring (bicyclic) bond motifs is 3. The summed E-state index contributed by atoms with van der Waals surface area (Å²) >= 11 is 0. The summed E-state index contributed by atoms with van der Waals surface area (Å²) in [5, 5.41) is 1.24. The van der Waals surface area contributed by atoms with Crippen LogP contribution in [0.15, 0.2) is 48.8 Å². The predicted octanol–water partition coefficient (Wildman–Crippen LogP) is 3.55.